The zero-order chi connectivity index (χ0) is 13.3. The van der Waals surface area contributed by atoms with Gasteiger partial charge in [0.1, 0.15) is 11.0 Å². The summed E-state index contributed by atoms with van der Waals surface area (Å²) < 4.78 is 0. The van der Waals surface area contributed by atoms with Gasteiger partial charge in [0, 0.05) is 19.2 Å². The number of hydrogen-bond donors (Lipinski definition) is 1. The van der Waals surface area contributed by atoms with Crippen LogP contribution in [0.4, 0.5) is 11.8 Å². The summed E-state index contributed by atoms with van der Waals surface area (Å²) in [7, 11) is 2.06. The van der Waals surface area contributed by atoms with E-state index in [0.717, 1.165) is 5.82 Å². The second-order valence-electron chi connectivity index (χ2n) is 5.91. The van der Waals surface area contributed by atoms with E-state index in [9.17, 15) is 0 Å². The first kappa shape index (κ1) is 13.4. The summed E-state index contributed by atoms with van der Waals surface area (Å²) in [4.78, 5) is 10.3. The molecule has 0 aliphatic heterocycles. The van der Waals surface area contributed by atoms with Gasteiger partial charge < -0.3 is 10.6 Å². The fraction of sp³-hybridized carbons (Fsp3) is 0.692. The van der Waals surface area contributed by atoms with Gasteiger partial charge >= 0.3 is 0 Å². The summed E-state index contributed by atoms with van der Waals surface area (Å²) >= 11 is 5.92. The summed E-state index contributed by atoms with van der Waals surface area (Å²) in [5.41, 5.74) is 6.11. The van der Waals surface area contributed by atoms with Crippen molar-refractivity contribution in [3.05, 3.63) is 11.2 Å². The fourth-order valence-corrected chi connectivity index (χ4v) is 2.75. The topological polar surface area (TPSA) is 55.0 Å². The lowest BCUT2D eigenvalue weighted by molar-refractivity contribution is 0.222. The van der Waals surface area contributed by atoms with Crippen LogP contribution in [0.1, 0.15) is 39.5 Å². The van der Waals surface area contributed by atoms with Crippen LogP contribution in [0.5, 0.6) is 0 Å². The van der Waals surface area contributed by atoms with Gasteiger partial charge in [0.2, 0.25) is 5.95 Å². The number of nitrogens with two attached hydrogens (primary N) is 1. The van der Waals surface area contributed by atoms with Gasteiger partial charge in [-0.15, -0.1) is 0 Å². The first-order valence-corrected chi connectivity index (χ1v) is 6.78. The Morgan fingerprint density at radius 2 is 1.94 bits per heavy atom. The van der Waals surface area contributed by atoms with Crippen LogP contribution in [0, 0.1) is 5.41 Å². The first-order valence-electron chi connectivity index (χ1n) is 6.40. The molecule has 1 fully saturated rings. The highest BCUT2D eigenvalue weighted by molar-refractivity contribution is 6.29. The molecule has 0 atom stereocenters. The zero-order valence-electron chi connectivity index (χ0n) is 11.3. The Morgan fingerprint density at radius 3 is 2.50 bits per heavy atom. The molecule has 18 heavy (non-hydrogen) atoms. The molecule has 5 heteroatoms. The number of anilines is 2. The molecular formula is C13H21ClN4. The number of nitrogen functional groups attached to an aromatic ring is 1. The highest BCUT2D eigenvalue weighted by Gasteiger charge is 2.29. The minimum atomic E-state index is 0.237. The molecule has 0 spiro atoms. The van der Waals surface area contributed by atoms with Gasteiger partial charge in [-0.1, -0.05) is 25.4 Å². The third-order valence-electron chi connectivity index (χ3n) is 3.92. The van der Waals surface area contributed by atoms with E-state index in [0.29, 0.717) is 16.6 Å². The van der Waals surface area contributed by atoms with Crippen LogP contribution in [0.15, 0.2) is 6.07 Å². The van der Waals surface area contributed by atoms with Gasteiger partial charge in [-0.2, -0.15) is 4.98 Å². The molecule has 1 aromatic heterocycles. The van der Waals surface area contributed by atoms with Crippen molar-refractivity contribution in [2.75, 3.05) is 17.7 Å². The summed E-state index contributed by atoms with van der Waals surface area (Å²) in [6.07, 6.45) is 4.86. The van der Waals surface area contributed by atoms with Crippen LogP contribution in [-0.4, -0.2) is 23.1 Å². The SMILES string of the molecule is CN(c1cc(Cl)nc(N)n1)C1CCC(C)(C)CC1. The number of hydrogen-bond acceptors (Lipinski definition) is 4. The summed E-state index contributed by atoms with van der Waals surface area (Å²) in [6.45, 7) is 4.67. The van der Waals surface area contributed by atoms with Crippen LogP contribution < -0.4 is 10.6 Å². The van der Waals surface area contributed by atoms with Crippen LogP contribution in [-0.2, 0) is 0 Å². The molecule has 0 bridgehead atoms. The van der Waals surface area contributed by atoms with Gasteiger partial charge in [-0.05, 0) is 31.1 Å². The Hall–Kier alpha value is -1.03. The van der Waals surface area contributed by atoms with Crippen LogP contribution >= 0.6 is 11.6 Å². The van der Waals surface area contributed by atoms with E-state index in [1.54, 1.807) is 6.07 Å². The number of rotatable bonds is 2. The number of nitrogens with zero attached hydrogens (tertiary/aromatic N) is 3. The van der Waals surface area contributed by atoms with E-state index in [2.05, 4.69) is 35.8 Å². The van der Waals surface area contributed by atoms with Gasteiger partial charge in [0.15, 0.2) is 0 Å². The highest BCUT2D eigenvalue weighted by atomic mass is 35.5. The van der Waals surface area contributed by atoms with E-state index < -0.39 is 0 Å². The summed E-state index contributed by atoms with van der Waals surface area (Å²) in [5, 5.41) is 0.403. The normalized spacial score (nSPS) is 19.8. The lowest BCUT2D eigenvalue weighted by Crippen LogP contribution is -2.37. The molecule has 0 saturated heterocycles. The van der Waals surface area contributed by atoms with E-state index in [4.69, 9.17) is 17.3 Å². The predicted octanol–water partition coefficient (Wildman–Crippen LogP) is 3.12. The number of halogens is 1. The zero-order valence-corrected chi connectivity index (χ0v) is 12.0. The van der Waals surface area contributed by atoms with Crippen LogP contribution in [0.3, 0.4) is 0 Å². The number of aromatic nitrogens is 2. The Balaban J connectivity index is 2.09. The molecule has 2 rings (SSSR count). The molecule has 100 valence electrons. The van der Waals surface area contributed by atoms with E-state index in [1.165, 1.54) is 25.7 Å². The van der Waals surface area contributed by atoms with Crippen LogP contribution in [0.2, 0.25) is 5.15 Å². The van der Waals surface area contributed by atoms with E-state index in [-0.39, 0.29) is 5.95 Å². The molecule has 2 N–H and O–H groups in total. The summed E-state index contributed by atoms with van der Waals surface area (Å²) in [6, 6.07) is 2.29. The van der Waals surface area contributed by atoms with Gasteiger partial charge in [-0.25, -0.2) is 4.98 Å². The van der Waals surface area contributed by atoms with Crippen molar-refractivity contribution in [2.45, 2.75) is 45.6 Å². The molecule has 4 nitrogen and oxygen atoms in total. The first-order chi connectivity index (χ1) is 8.37. The second kappa shape index (κ2) is 4.92. The molecule has 1 aliphatic rings. The minimum Gasteiger partial charge on any atom is -0.368 e. The van der Waals surface area contributed by atoms with Crippen molar-refractivity contribution < 1.29 is 0 Å². The third kappa shape index (κ3) is 3.05. The standard InChI is InChI=1S/C13H21ClN4/c1-13(2)6-4-9(5-7-13)18(3)11-8-10(14)16-12(15)17-11/h8-9H,4-7H2,1-3H3,(H2,15,16,17). The molecule has 0 radical (unpaired) electrons. The van der Waals surface area contributed by atoms with Crippen molar-refractivity contribution in [2.24, 2.45) is 5.41 Å². The fourth-order valence-electron chi connectivity index (χ4n) is 2.56. The van der Waals surface area contributed by atoms with Crippen molar-refractivity contribution in [3.8, 4) is 0 Å². The highest BCUT2D eigenvalue weighted by Crippen LogP contribution is 2.37. The Morgan fingerprint density at radius 1 is 1.33 bits per heavy atom. The minimum absolute atomic E-state index is 0.237. The average molecular weight is 269 g/mol. The van der Waals surface area contributed by atoms with Gasteiger partial charge in [0.05, 0.1) is 0 Å². The van der Waals surface area contributed by atoms with Gasteiger partial charge in [0.25, 0.3) is 0 Å². The lowest BCUT2D eigenvalue weighted by Gasteiger charge is -2.39. The largest absolute Gasteiger partial charge is 0.368 e. The van der Waals surface area contributed by atoms with E-state index in [1.807, 2.05) is 0 Å². The maximum absolute atomic E-state index is 5.92. The molecule has 1 aliphatic carbocycles. The molecule has 1 saturated carbocycles. The quantitative estimate of drug-likeness (QED) is 0.838. The molecule has 0 amide bonds. The Kier molecular flexibility index (Phi) is 3.66. The average Bonchev–Trinajstić information content (AvgIpc) is 2.27. The van der Waals surface area contributed by atoms with E-state index >= 15 is 0 Å². The van der Waals surface area contributed by atoms with Crippen LogP contribution in [0.25, 0.3) is 0 Å². The smallest absolute Gasteiger partial charge is 0.223 e. The molecule has 1 aromatic rings. The van der Waals surface area contributed by atoms with Crippen molar-refractivity contribution in [3.63, 3.8) is 0 Å². The molecule has 1 heterocycles. The van der Waals surface area contributed by atoms with Crippen molar-refractivity contribution in [1.82, 2.24) is 9.97 Å². The lowest BCUT2D eigenvalue weighted by atomic mass is 9.75. The Labute approximate surface area is 114 Å². The molecule has 0 aromatic carbocycles. The molecular weight excluding hydrogens is 248 g/mol. The Bertz CT molecular complexity index is 403. The van der Waals surface area contributed by atoms with Crippen molar-refractivity contribution >= 4 is 23.4 Å². The third-order valence-corrected chi connectivity index (χ3v) is 4.11. The maximum atomic E-state index is 5.92. The summed E-state index contributed by atoms with van der Waals surface area (Å²) in [5.74, 6) is 1.05. The van der Waals surface area contributed by atoms with Crippen molar-refractivity contribution in [1.29, 1.82) is 0 Å². The predicted molar refractivity (Wildman–Crippen MR) is 75.9 cm³/mol. The maximum Gasteiger partial charge on any atom is 0.223 e. The monoisotopic (exact) mass is 268 g/mol. The van der Waals surface area contributed by atoms with Gasteiger partial charge in [-0.3, -0.25) is 0 Å². The molecule has 0 unspecified atom stereocenters. The second-order valence-corrected chi connectivity index (χ2v) is 6.30.